The number of nitrogen functional groups attached to an aromatic ring is 1. The predicted octanol–water partition coefficient (Wildman–Crippen LogP) is 4.12. The first-order valence-corrected chi connectivity index (χ1v) is 10.1. The molecule has 1 saturated heterocycles. The van der Waals surface area contributed by atoms with Crippen molar-refractivity contribution in [2.45, 2.75) is 24.9 Å². The van der Waals surface area contributed by atoms with Crippen LogP contribution >= 0.6 is 24.8 Å². The van der Waals surface area contributed by atoms with Gasteiger partial charge in [-0.3, -0.25) is 10.2 Å². The summed E-state index contributed by atoms with van der Waals surface area (Å²) in [6.07, 6.45) is 1.53. The second kappa shape index (κ2) is 11.2. The number of halogens is 2. The molecule has 4 rings (SSSR count). The molecule has 0 saturated carbocycles. The first-order chi connectivity index (χ1) is 14.5. The lowest BCUT2D eigenvalue weighted by Gasteiger charge is -2.16. The van der Waals surface area contributed by atoms with Gasteiger partial charge in [0.2, 0.25) is 0 Å². The number of fused-ring (bicyclic) bond motifs is 1. The zero-order chi connectivity index (χ0) is 21.1. The van der Waals surface area contributed by atoms with Crippen molar-refractivity contribution in [3.8, 4) is 5.75 Å². The molecule has 0 bridgehead atoms. The van der Waals surface area contributed by atoms with E-state index in [2.05, 4.69) is 5.32 Å². The Kier molecular flexibility index (Phi) is 8.89. The number of benzene rings is 3. The number of carbonyl (C=O) groups is 1. The van der Waals surface area contributed by atoms with Crippen molar-refractivity contribution in [1.82, 2.24) is 5.32 Å². The van der Waals surface area contributed by atoms with Gasteiger partial charge < -0.3 is 20.9 Å². The van der Waals surface area contributed by atoms with Gasteiger partial charge in [-0.15, -0.1) is 24.8 Å². The first kappa shape index (κ1) is 25.5. The largest absolute Gasteiger partial charge is 0.489 e. The Balaban J connectivity index is 0.00000181. The van der Waals surface area contributed by atoms with E-state index in [-0.39, 0.29) is 36.8 Å². The van der Waals surface area contributed by atoms with E-state index in [0.717, 1.165) is 47.2 Å². The van der Waals surface area contributed by atoms with Crippen molar-refractivity contribution in [2.75, 3.05) is 13.1 Å². The number of hydrogen-bond donors (Lipinski definition) is 4. The molecule has 0 radical (unpaired) electrons. The summed E-state index contributed by atoms with van der Waals surface area (Å²) < 4.78 is 5.93. The molecule has 8 heteroatoms. The number of nitrogens with one attached hydrogen (secondary N) is 2. The molecule has 1 aliphatic rings. The van der Waals surface area contributed by atoms with Crippen LogP contribution in [-0.4, -0.2) is 36.1 Å². The SMILES string of the molecule is Cl.Cl.N=C(N)c1ccc2ccc(CC(C(=O)O)c3ccc(O[C@@H]4CCNC4)cc3)cc2c1. The molecular formula is C24H27Cl2N3O3. The maximum absolute atomic E-state index is 12.0. The smallest absolute Gasteiger partial charge is 0.311 e. The van der Waals surface area contributed by atoms with Gasteiger partial charge in [-0.05, 0) is 59.5 Å². The molecule has 2 atom stereocenters. The molecule has 0 amide bonds. The number of rotatable bonds is 7. The van der Waals surface area contributed by atoms with Crippen LogP contribution in [0, 0.1) is 5.41 Å². The molecule has 0 aromatic heterocycles. The topological polar surface area (TPSA) is 108 Å². The summed E-state index contributed by atoms with van der Waals surface area (Å²) in [5.41, 5.74) is 7.92. The molecule has 3 aromatic carbocycles. The fourth-order valence-corrected chi connectivity index (χ4v) is 3.87. The first-order valence-electron chi connectivity index (χ1n) is 10.1. The van der Waals surface area contributed by atoms with Gasteiger partial charge in [-0.25, -0.2) is 0 Å². The highest BCUT2D eigenvalue weighted by molar-refractivity contribution is 5.99. The van der Waals surface area contributed by atoms with Crippen LogP contribution in [-0.2, 0) is 11.2 Å². The Labute approximate surface area is 199 Å². The average Bonchev–Trinajstić information content (AvgIpc) is 3.25. The molecule has 0 aliphatic carbocycles. The summed E-state index contributed by atoms with van der Waals surface area (Å²) in [6.45, 7) is 1.80. The molecule has 1 heterocycles. The second-order valence-corrected chi connectivity index (χ2v) is 7.71. The number of carboxylic acids is 1. The predicted molar refractivity (Wildman–Crippen MR) is 132 cm³/mol. The Morgan fingerprint density at radius 3 is 2.44 bits per heavy atom. The number of aliphatic carboxylic acids is 1. The average molecular weight is 476 g/mol. The molecule has 32 heavy (non-hydrogen) atoms. The van der Waals surface area contributed by atoms with E-state index in [4.69, 9.17) is 15.9 Å². The van der Waals surface area contributed by atoms with Gasteiger partial charge in [0.1, 0.15) is 17.7 Å². The van der Waals surface area contributed by atoms with Gasteiger partial charge in [0.15, 0.2) is 0 Å². The van der Waals surface area contributed by atoms with Gasteiger partial charge in [0.25, 0.3) is 0 Å². The van der Waals surface area contributed by atoms with Crippen LogP contribution in [0.1, 0.15) is 29.0 Å². The third kappa shape index (κ3) is 5.91. The molecule has 1 fully saturated rings. The molecular weight excluding hydrogens is 449 g/mol. The van der Waals surface area contributed by atoms with E-state index in [1.165, 1.54) is 0 Å². The number of ether oxygens (including phenoxy) is 1. The Bertz CT molecular complexity index is 1080. The lowest BCUT2D eigenvalue weighted by molar-refractivity contribution is -0.138. The highest BCUT2D eigenvalue weighted by Crippen LogP contribution is 2.26. The van der Waals surface area contributed by atoms with Crippen LogP contribution in [0.25, 0.3) is 10.8 Å². The molecule has 1 unspecified atom stereocenters. The van der Waals surface area contributed by atoms with E-state index in [1.807, 2.05) is 60.7 Å². The van der Waals surface area contributed by atoms with E-state index in [1.54, 1.807) is 0 Å². The molecule has 1 aliphatic heterocycles. The van der Waals surface area contributed by atoms with E-state index < -0.39 is 11.9 Å². The van der Waals surface area contributed by atoms with Crippen molar-refractivity contribution in [3.63, 3.8) is 0 Å². The maximum Gasteiger partial charge on any atom is 0.311 e. The third-order valence-corrected chi connectivity index (χ3v) is 5.55. The van der Waals surface area contributed by atoms with Crippen LogP contribution in [0.3, 0.4) is 0 Å². The minimum absolute atomic E-state index is 0. The molecule has 170 valence electrons. The summed E-state index contributed by atoms with van der Waals surface area (Å²) in [4.78, 5) is 12.0. The molecule has 0 spiro atoms. The van der Waals surface area contributed by atoms with Crippen LogP contribution in [0.4, 0.5) is 0 Å². The van der Waals surface area contributed by atoms with Crippen LogP contribution in [0.2, 0.25) is 0 Å². The standard InChI is InChI=1S/C24H25N3O3.2ClH/c25-23(26)18-4-3-16-2-1-15(11-19(16)13-18)12-22(24(28)29)17-5-7-20(8-6-17)30-21-9-10-27-14-21;;/h1-8,11,13,21-22,27H,9-10,12,14H2,(H3,25,26)(H,28,29);2*1H/t21-,22?;;/m1../s1. The van der Waals surface area contributed by atoms with E-state index >= 15 is 0 Å². The number of hydrogen-bond acceptors (Lipinski definition) is 4. The van der Waals surface area contributed by atoms with Gasteiger partial charge in [0, 0.05) is 12.1 Å². The van der Waals surface area contributed by atoms with Gasteiger partial charge in [-0.1, -0.05) is 42.5 Å². The lowest BCUT2D eigenvalue weighted by atomic mass is 9.91. The minimum atomic E-state index is -0.860. The highest BCUT2D eigenvalue weighted by Gasteiger charge is 2.21. The summed E-state index contributed by atoms with van der Waals surface area (Å²) in [5.74, 6) is -0.734. The van der Waals surface area contributed by atoms with Crippen molar-refractivity contribution in [1.29, 1.82) is 5.41 Å². The summed E-state index contributed by atoms with van der Waals surface area (Å²) in [6, 6.07) is 18.9. The zero-order valence-corrected chi connectivity index (χ0v) is 19.0. The van der Waals surface area contributed by atoms with Crippen molar-refractivity contribution >= 4 is 47.4 Å². The summed E-state index contributed by atoms with van der Waals surface area (Å²) in [5, 5.41) is 22.7. The van der Waals surface area contributed by atoms with Crippen molar-refractivity contribution in [3.05, 3.63) is 77.4 Å². The molecule has 3 aromatic rings. The van der Waals surface area contributed by atoms with Crippen LogP contribution < -0.4 is 15.8 Å². The van der Waals surface area contributed by atoms with E-state index in [9.17, 15) is 9.90 Å². The number of carboxylic acid groups (broad SMARTS) is 1. The second-order valence-electron chi connectivity index (χ2n) is 7.71. The minimum Gasteiger partial charge on any atom is -0.489 e. The Morgan fingerprint density at radius 1 is 1.09 bits per heavy atom. The Hall–Kier alpha value is -2.80. The molecule has 5 N–H and O–H groups in total. The van der Waals surface area contributed by atoms with Crippen molar-refractivity contribution in [2.24, 2.45) is 5.73 Å². The van der Waals surface area contributed by atoms with Crippen LogP contribution in [0.5, 0.6) is 5.75 Å². The number of amidine groups is 1. The Morgan fingerprint density at radius 2 is 1.81 bits per heavy atom. The zero-order valence-electron chi connectivity index (χ0n) is 17.4. The number of nitrogens with two attached hydrogens (primary N) is 1. The highest BCUT2D eigenvalue weighted by atomic mass is 35.5. The lowest BCUT2D eigenvalue weighted by Crippen LogP contribution is -2.19. The summed E-state index contributed by atoms with van der Waals surface area (Å²) in [7, 11) is 0. The quantitative estimate of drug-likeness (QED) is 0.303. The van der Waals surface area contributed by atoms with Crippen molar-refractivity contribution < 1.29 is 14.6 Å². The van der Waals surface area contributed by atoms with Gasteiger partial charge >= 0.3 is 5.97 Å². The van der Waals surface area contributed by atoms with E-state index in [0.29, 0.717) is 12.0 Å². The normalized spacial score (nSPS) is 15.9. The maximum atomic E-state index is 12.0. The molecule has 6 nitrogen and oxygen atoms in total. The van der Waals surface area contributed by atoms with Crippen LogP contribution in [0.15, 0.2) is 60.7 Å². The summed E-state index contributed by atoms with van der Waals surface area (Å²) >= 11 is 0. The fourth-order valence-electron chi connectivity index (χ4n) is 3.87. The third-order valence-electron chi connectivity index (χ3n) is 5.55. The monoisotopic (exact) mass is 475 g/mol. The van der Waals surface area contributed by atoms with Gasteiger partial charge in [-0.2, -0.15) is 0 Å². The fraction of sp³-hybridized carbons (Fsp3) is 0.250. The van der Waals surface area contributed by atoms with Gasteiger partial charge in [0.05, 0.1) is 5.92 Å².